The lowest BCUT2D eigenvalue weighted by molar-refractivity contribution is -0.122. The van der Waals surface area contributed by atoms with E-state index in [9.17, 15) is 9.59 Å². The summed E-state index contributed by atoms with van der Waals surface area (Å²) in [6.07, 6.45) is 7.50. The van der Waals surface area contributed by atoms with Gasteiger partial charge < -0.3 is 10.6 Å². The maximum absolute atomic E-state index is 12.5. The average molecular weight is 396 g/mol. The standard InChI is InChI=1S/C22H29N5O2/c1-16(28)24-19-7-5-6-18(10-19)20-14-27(13-17-11-23-26(2)12-17)15-22(20)9-4-3-8-21(29)25-22/h5-7,10-12,20H,3-4,8-9,13-15H2,1-2H3,(H,24,28)(H,25,29)/t20-,22+/m0/s1. The molecule has 2 amide bonds. The van der Waals surface area contributed by atoms with Crippen LogP contribution in [0.4, 0.5) is 5.69 Å². The van der Waals surface area contributed by atoms with Crippen LogP contribution < -0.4 is 10.6 Å². The van der Waals surface area contributed by atoms with Gasteiger partial charge in [0.15, 0.2) is 0 Å². The first-order valence-electron chi connectivity index (χ1n) is 10.3. The molecule has 0 saturated carbocycles. The molecular formula is C22H29N5O2. The maximum atomic E-state index is 12.5. The minimum atomic E-state index is -0.273. The second-order valence-corrected chi connectivity index (χ2v) is 8.46. The number of nitrogens with zero attached hydrogens (tertiary/aromatic N) is 3. The number of anilines is 1. The summed E-state index contributed by atoms with van der Waals surface area (Å²) in [7, 11) is 1.93. The Bertz CT molecular complexity index is 908. The predicted molar refractivity (Wildman–Crippen MR) is 111 cm³/mol. The topological polar surface area (TPSA) is 79.3 Å². The third kappa shape index (κ3) is 4.34. The number of aromatic nitrogens is 2. The molecule has 1 aromatic carbocycles. The Labute approximate surface area is 171 Å². The molecule has 2 N–H and O–H groups in total. The fourth-order valence-electron chi connectivity index (χ4n) is 4.91. The summed E-state index contributed by atoms with van der Waals surface area (Å²) < 4.78 is 1.82. The monoisotopic (exact) mass is 395 g/mol. The summed E-state index contributed by atoms with van der Waals surface area (Å²) in [5.41, 5.74) is 2.86. The lowest BCUT2D eigenvalue weighted by atomic mass is 9.79. The van der Waals surface area contributed by atoms with Crippen LogP contribution in [0.15, 0.2) is 36.7 Å². The molecule has 4 rings (SSSR count). The summed E-state index contributed by atoms with van der Waals surface area (Å²) in [5.74, 6) is 0.243. The van der Waals surface area contributed by atoms with Crippen molar-refractivity contribution in [2.24, 2.45) is 7.05 Å². The van der Waals surface area contributed by atoms with Gasteiger partial charge in [-0.25, -0.2) is 0 Å². The van der Waals surface area contributed by atoms with E-state index in [4.69, 9.17) is 0 Å². The molecule has 2 atom stereocenters. The Morgan fingerprint density at radius 1 is 1.38 bits per heavy atom. The van der Waals surface area contributed by atoms with Crippen molar-refractivity contribution in [3.05, 3.63) is 47.8 Å². The first kappa shape index (κ1) is 19.6. The lowest BCUT2D eigenvalue weighted by Crippen LogP contribution is -2.52. The van der Waals surface area contributed by atoms with Gasteiger partial charge in [-0.3, -0.25) is 19.2 Å². The van der Waals surface area contributed by atoms with Crippen molar-refractivity contribution in [1.29, 1.82) is 0 Å². The van der Waals surface area contributed by atoms with Crippen LogP contribution in [-0.4, -0.2) is 45.1 Å². The molecule has 29 heavy (non-hydrogen) atoms. The normalized spacial score (nSPS) is 25.0. The van der Waals surface area contributed by atoms with Gasteiger partial charge in [-0.1, -0.05) is 18.6 Å². The number of carbonyl (C=O) groups excluding carboxylic acids is 2. The van der Waals surface area contributed by atoms with Gasteiger partial charge in [0.2, 0.25) is 11.8 Å². The van der Waals surface area contributed by atoms with E-state index >= 15 is 0 Å². The van der Waals surface area contributed by atoms with Crippen molar-refractivity contribution >= 4 is 17.5 Å². The molecule has 2 saturated heterocycles. The number of benzene rings is 1. The van der Waals surface area contributed by atoms with Crippen LogP contribution >= 0.6 is 0 Å². The van der Waals surface area contributed by atoms with Gasteiger partial charge in [0.05, 0.1) is 11.7 Å². The van der Waals surface area contributed by atoms with Gasteiger partial charge >= 0.3 is 0 Å². The first-order chi connectivity index (χ1) is 13.9. The molecule has 154 valence electrons. The molecule has 0 aliphatic carbocycles. The highest BCUT2D eigenvalue weighted by Crippen LogP contribution is 2.42. The van der Waals surface area contributed by atoms with Crippen molar-refractivity contribution in [2.45, 2.75) is 50.6 Å². The SMILES string of the molecule is CC(=O)Nc1cccc([C@@H]2CN(Cc3cnn(C)c3)C[C@]23CCCCC(=O)N3)c1. The van der Waals surface area contributed by atoms with Crippen molar-refractivity contribution in [2.75, 3.05) is 18.4 Å². The van der Waals surface area contributed by atoms with E-state index in [1.54, 1.807) is 0 Å². The van der Waals surface area contributed by atoms with E-state index in [0.717, 1.165) is 50.1 Å². The smallest absolute Gasteiger partial charge is 0.221 e. The second kappa shape index (κ2) is 7.99. The zero-order valence-electron chi connectivity index (χ0n) is 17.1. The zero-order chi connectivity index (χ0) is 20.4. The summed E-state index contributed by atoms with van der Waals surface area (Å²) in [6, 6.07) is 8.06. The molecule has 3 heterocycles. The molecule has 1 spiro atoms. The van der Waals surface area contributed by atoms with Crippen LogP contribution in [0.5, 0.6) is 0 Å². The number of carbonyl (C=O) groups is 2. The van der Waals surface area contributed by atoms with E-state index < -0.39 is 0 Å². The Kier molecular flexibility index (Phi) is 5.41. The molecule has 2 aromatic rings. The number of nitrogens with one attached hydrogen (secondary N) is 2. The van der Waals surface area contributed by atoms with E-state index in [-0.39, 0.29) is 23.3 Å². The third-order valence-electron chi connectivity index (χ3n) is 6.05. The molecular weight excluding hydrogens is 366 g/mol. The van der Waals surface area contributed by atoms with Gasteiger partial charge in [0.1, 0.15) is 0 Å². The summed E-state index contributed by atoms with van der Waals surface area (Å²) >= 11 is 0. The van der Waals surface area contributed by atoms with Crippen LogP contribution in [0, 0.1) is 0 Å². The maximum Gasteiger partial charge on any atom is 0.221 e. The third-order valence-corrected chi connectivity index (χ3v) is 6.05. The van der Waals surface area contributed by atoms with Gasteiger partial charge in [-0.15, -0.1) is 0 Å². The van der Waals surface area contributed by atoms with Gasteiger partial charge in [-0.2, -0.15) is 5.10 Å². The molecule has 2 fully saturated rings. The number of rotatable bonds is 4. The predicted octanol–water partition coefficient (Wildman–Crippen LogP) is 2.41. The van der Waals surface area contributed by atoms with E-state index in [2.05, 4.69) is 32.8 Å². The lowest BCUT2D eigenvalue weighted by Gasteiger charge is -2.35. The van der Waals surface area contributed by atoms with Crippen molar-refractivity contribution in [1.82, 2.24) is 20.0 Å². The second-order valence-electron chi connectivity index (χ2n) is 8.46. The Hall–Kier alpha value is -2.67. The first-order valence-corrected chi connectivity index (χ1v) is 10.3. The van der Waals surface area contributed by atoms with Crippen LogP contribution in [0.1, 0.15) is 49.7 Å². The van der Waals surface area contributed by atoms with E-state index in [0.29, 0.717) is 6.42 Å². The van der Waals surface area contributed by atoms with Crippen molar-refractivity contribution < 1.29 is 9.59 Å². The molecule has 7 heteroatoms. The fraction of sp³-hybridized carbons (Fsp3) is 0.500. The molecule has 7 nitrogen and oxygen atoms in total. The Balaban J connectivity index is 1.64. The average Bonchev–Trinajstić information content (AvgIpc) is 3.16. The number of hydrogen-bond donors (Lipinski definition) is 2. The van der Waals surface area contributed by atoms with Crippen LogP contribution in [0.2, 0.25) is 0 Å². The molecule has 2 aliphatic heterocycles. The molecule has 0 unspecified atom stereocenters. The van der Waals surface area contributed by atoms with Gasteiger partial charge in [0, 0.05) is 63.4 Å². The molecule has 0 radical (unpaired) electrons. The molecule has 2 aliphatic rings. The fourth-order valence-corrected chi connectivity index (χ4v) is 4.91. The largest absolute Gasteiger partial charge is 0.349 e. The summed E-state index contributed by atoms with van der Waals surface area (Å²) in [4.78, 5) is 26.4. The Morgan fingerprint density at radius 3 is 3.00 bits per heavy atom. The van der Waals surface area contributed by atoms with E-state index in [1.807, 2.05) is 36.3 Å². The van der Waals surface area contributed by atoms with Crippen LogP contribution in [-0.2, 0) is 23.2 Å². The number of likely N-dealkylation sites (tertiary alicyclic amines) is 1. The van der Waals surface area contributed by atoms with Crippen molar-refractivity contribution in [3.8, 4) is 0 Å². The van der Waals surface area contributed by atoms with Crippen molar-refractivity contribution in [3.63, 3.8) is 0 Å². The van der Waals surface area contributed by atoms with E-state index in [1.165, 1.54) is 12.5 Å². The zero-order valence-corrected chi connectivity index (χ0v) is 17.1. The molecule has 0 bridgehead atoms. The highest BCUT2D eigenvalue weighted by molar-refractivity contribution is 5.88. The summed E-state index contributed by atoms with van der Waals surface area (Å²) in [5, 5.41) is 10.6. The minimum absolute atomic E-state index is 0.0794. The molecule has 1 aromatic heterocycles. The number of hydrogen-bond acceptors (Lipinski definition) is 4. The highest BCUT2D eigenvalue weighted by Gasteiger charge is 2.48. The highest BCUT2D eigenvalue weighted by atomic mass is 16.2. The van der Waals surface area contributed by atoms with Gasteiger partial charge in [0.25, 0.3) is 0 Å². The van der Waals surface area contributed by atoms with Crippen LogP contribution in [0.3, 0.4) is 0 Å². The Morgan fingerprint density at radius 2 is 2.24 bits per heavy atom. The van der Waals surface area contributed by atoms with Crippen LogP contribution in [0.25, 0.3) is 0 Å². The van der Waals surface area contributed by atoms with Gasteiger partial charge in [-0.05, 0) is 30.5 Å². The number of amides is 2. The number of aryl methyl sites for hydroxylation is 1. The minimum Gasteiger partial charge on any atom is -0.349 e. The quantitative estimate of drug-likeness (QED) is 0.833. The summed E-state index contributed by atoms with van der Waals surface area (Å²) in [6.45, 7) is 4.01.